The van der Waals surface area contributed by atoms with Gasteiger partial charge in [0.05, 0.1) is 6.10 Å². The molecule has 1 aliphatic rings. The second-order valence-electron chi connectivity index (χ2n) is 3.23. The van der Waals surface area contributed by atoms with Crippen molar-refractivity contribution in [2.75, 3.05) is 6.61 Å². The van der Waals surface area contributed by atoms with E-state index in [4.69, 9.17) is 10.5 Å². The van der Waals surface area contributed by atoms with Gasteiger partial charge in [-0.1, -0.05) is 0 Å². The zero-order valence-corrected chi connectivity index (χ0v) is 8.42. The summed E-state index contributed by atoms with van der Waals surface area (Å²) in [6.07, 6.45) is 2.49. The molecule has 3 N–H and O–H groups in total. The van der Waals surface area contributed by atoms with E-state index in [1.54, 1.807) is 12.3 Å². The van der Waals surface area contributed by atoms with Crippen LogP contribution in [-0.2, 0) is 4.74 Å². The third kappa shape index (κ3) is 2.15. The smallest absolute Gasteiger partial charge is 0.247 e. The maximum Gasteiger partial charge on any atom is 0.247 e. The molecule has 2 rings (SSSR count). The number of pyridine rings is 1. The molecular weight excluding hydrogens is 204 g/mol. The first kappa shape index (κ1) is 11.2. The van der Waals surface area contributed by atoms with Gasteiger partial charge in [0.2, 0.25) is 5.56 Å². The second kappa shape index (κ2) is 4.59. The van der Waals surface area contributed by atoms with Crippen molar-refractivity contribution in [2.24, 2.45) is 5.73 Å². The van der Waals surface area contributed by atoms with Gasteiger partial charge in [-0.15, -0.1) is 12.4 Å². The van der Waals surface area contributed by atoms with E-state index in [9.17, 15) is 4.79 Å². The standard InChI is InChI=1S/C9H12N2O2.ClH/c10-7-3-4-13-9(7)6-1-2-8(12)11-5-6;/h1-2,5,7,9H,3-4,10H2,(H,11,12);1H/t7-,9+;/m1./s1. The highest BCUT2D eigenvalue weighted by Crippen LogP contribution is 2.26. The molecule has 0 radical (unpaired) electrons. The topological polar surface area (TPSA) is 68.1 Å². The Morgan fingerprint density at radius 1 is 1.50 bits per heavy atom. The molecule has 1 aromatic rings. The van der Waals surface area contributed by atoms with Gasteiger partial charge in [0.25, 0.3) is 0 Å². The quantitative estimate of drug-likeness (QED) is 0.722. The highest BCUT2D eigenvalue weighted by atomic mass is 35.5. The molecule has 4 nitrogen and oxygen atoms in total. The van der Waals surface area contributed by atoms with Gasteiger partial charge >= 0.3 is 0 Å². The number of halogens is 1. The molecule has 1 aliphatic heterocycles. The van der Waals surface area contributed by atoms with Crippen LogP contribution >= 0.6 is 12.4 Å². The van der Waals surface area contributed by atoms with E-state index in [1.807, 2.05) is 0 Å². The fourth-order valence-corrected chi connectivity index (χ4v) is 1.55. The molecule has 5 heteroatoms. The number of rotatable bonds is 1. The maximum absolute atomic E-state index is 10.8. The Hall–Kier alpha value is -0.840. The third-order valence-electron chi connectivity index (χ3n) is 2.27. The van der Waals surface area contributed by atoms with Crippen LogP contribution in [0.4, 0.5) is 0 Å². The first-order valence-corrected chi connectivity index (χ1v) is 4.33. The minimum atomic E-state index is -0.102. The van der Waals surface area contributed by atoms with Crippen molar-refractivity contribution in [3.63, 3.8) is 0 Å². The van der Waals surface area contributed by atoms with Crippen LogP contribution in [0.15, 0.2) is 23.1 Å². The molecule has 1 aromatic heterocycles. The van der Waals surface area contributed by atoms with Gasteiger partial charge in [0.15, 0.2) is 0 Å². The summed E-state index contributed by atoms with van der Waals surface area (Å²) < 4.78 is 5.44. The lowest BCUT2D eigenvalue weighted by Gasteiger charge is -2.13. The Labute approximate surface area is 87.9 Å². The summed E-state index contributed by atoms with van der Waals surface area (Å²) in [5, 5.41) is 0. The second-order valence-corrected chi connectivity index (χ2v) is 3.23. The lowest BCUT2D eigenvalue weighted by Crippen LogP contribution is -2.24. The predicted octanol–water partition coefficient (Wildman–Crippen LogP) is 0.585. The molecule has 0 aliphatic carbocycles. The zero-order chi connectivity index (χ0) is 9.26. The number of H-pyrrole nitrogens is 1. The molecular formula is C9H13ClN2O2. The van der Waals surface area contributed by atoms with E-state index in [-0.39, 0.29) is 30.1 Å². The number of nitrogens with two attached hydrogens (primary N) is 1. The third-order valence-corrected chi connectivity index (χ3v) is 2.27. The predicted molar refractivity (Wildman–Crippen MR) is 55.6 cm³/mol. The molecule has 2 atom stereocenters. The fraction of sp³-hybridized carbons (Fsp3) is 0.444. The van der Waals surface area contributed by atoms with Crippen LogP contribution in [0.5, 0.6) is 0 Å². The van der Waals surface area contributed by atoms with Crippen LogP contribution in [0.1, 0.15) is 18.1 Å². The minimum Gasteiger partial charge on any atom is -0.372 e. The summed E-state index contributed by atoms with van der Waals surface area (Å²) in [5.41, 5.74) is 6.68. The minimum absolute atomic E-state index is 0. The monoisotopic (exact) mass is 216 g/mol. The normalized spacial score (nSPS) is 25.8. The van der Waals surface area contributed by atoms with Crippen LogP contribution in [0.2, 0.25) is 0 Å². The van der Waals surface area contributed by atoms with Crippen molar-refractivity contribution in [2.45, 2.75) is 18.6 Å². The summed E-state index contributed by atoms with van der Waals surface area (Å²) in [6, 6.07) is 3.30. The average molecular weight is 217 g/mol. The van der Waals surface area contributed by atoms with Crippen LogP contribution < -0.4 is 11.3 Å². The van der Waals surface area contributed by atoms with Crippen LogP contribution in [0.3, 0.4) is 0 Å². The Kier molecular flexibility index (Phi) is 3.69. The van der Waals surface area contributed by atoms with E-state index >= 15 is 0 Å². The first-order valence-electron chi connectivity index (χ1n) is 4.33. The maximum atomic E-state index is 10.8. The summed E-state index contributed by atoms with van der Waals surface area (Å²) in [5.74, 6) is 0. The molecule has 2 heterocycles. The molecule has 0 amide bonds. The van der Waals surface area contributed by atoms with Crippen molar-refractivity contribution >= 4 is 12.4 Å². The van der Waals surface area contributed by atoms with Crippen molar-refractivity contribution in [3.8, 4) is 0 Å². The lowest BCUT2D eigenvalue weighted by molar-refractivity contribution is 0.105. The summed E-state index contributed by atoms with van der Waals surface area (Å²) in [7, 11) is 0. The number of hydrogen-bond donors (Lipinski definition) is 2. The van der Waals surface area contributed by atoms with Gasteiger partial charge < -0.3 is 15.5 Å². The molecule has 0 unspecified atom stereocenters. The van der Waals surface area contributed by atoms with Crippen LogP contribution in [0.25, 0.3) is 0 Å². The van der Waals surface area contributed by atoms with Crippen LogP contribution in [0, 0.1) is 0 Å². The zero-order valence-electron chi connectivity index (χ0n) is 7.60. The number of aromatic amines is 1. The molecule has 0 spiro atoms. The molecule has 0 saturated carbocycles. The average Bonchev–Trinajstić information content (AvgIpc) is 2.53. The van der Waals surface area contributed by atoms with Crippen molar-refractivity contribution in [1.29, 1.82) is 0 Å². The Morgan fingerprint density at radius 3 is 2.79 bits per heavy atom. The molecule has 78 valence electrons. The number of aromatic nitrogens is 1. The Balaban J connectivity index is 0.000000980. The SMILES string of the molecule is Cl.N[C@@H]1CCO[C@H]1c1ccc(=O)[nH]c1. The molecule has 1 saturated heterocycles. The number of ether oxygens (including phenoxy) is 1. The van der Waals surface area contributed by atoms with Gasteiger partial charge in [0, 0.05) is 24.9 Å². The Bertz CT molecular complexity index is 332. The van der Waals surface area contributed by atoms with Crippen molar-refractivity contribution in [1.82, 2.24) is 4.98 Å². The number of hydrogen-bond acceptors (Lipinski definition) is 3. The first-order chi connectivity index (χ1) is 6.27. The van der Waals surface area contributed by atoms with E-state index in [0.717, 1.165) is 12.0 Å². The molecule has 0 bridgehead atoms. The largest absolute Gasteiger partial charge is 0.372 e. The fourth-order valence-electron chi connectivity index (χ4n) is 1.55. The van der Waals surface area contributed by atoms with Gasteiger partial charge in [0.1, 0.15) is 0 Å². The van der Waals surface area contributed by atoms with Gasteiger partial charge in [-0.25, -0.2) is 0 Å². The van der Waals surface area contributed by atoms with E-state index in [0.29, 0.717) is 6.61 Å². The van der Waals surface area contributed by atoms with Gasteiger partial charge in [-0.2, -0.15) is 0 Å². The highest BCUT2D eigenvalue weighted by molar-refractivity contribution is 5.85. The van der Waals surface area contributed by atoms with E-state index in [2.05, 4.69) is 4.98 Å². The summed E-state index contributed by atoms with van der Waals surface area (Å²) in [6.45, 7) is 0.699. The number of nitrogens with one attached hydrogen (secondary N) is 1. The highest BCUT2D eigenvalue weighted by Gasteiger charge is 2.26. The summed E-state index contributed by atoms with van der Waals surface area (Å²) >= 11 is 0. The van der Waals surface area contributed by atoms with Gasteiger partial charge in [-0.05, 0) is 18.1 Å². The van der Waals surface area contributed by atoms with E-state index < -0.39 is 0 Å². The lowest BCUT2D eigenvalue weighted by atomic mass is 10.1. The molecule has 14 heavy (non-hydrogen) atoms. The van der Waals surface area contributed by atoms with Gasteiger partial charge in [-0.3, -0.25) is 4.79 Å². The Morgan fingerprint density at radius 2 is 2.29 bits per heavy atom. The molecule has 0 aromatic carbocycles. The van der Waals surface area contributed by atoms with E-state index in [1.165, 1.54) is 6.07 Å². The van der Waals surface area contributed by atoms with Crippen molar-refractivity contribution in [3.05, 3.63) is 34.2 Å². The summed E-state index contributed by atoms with van der Waals surface area (Å²) in [4.78, 5) is 13.4. The van der Waals surface area contributed by atoms with Crippen LogP contribution in [-0.4, -0.2) is 17.6 Å². The van der Waals surface area contributed by atoms with Crippen molar-refractivity contribution < 1.29 is 4.74 Å². The molecule has 1 fully saturated rings.